The Morgan fingerprint density at radius 2 is 1.85 bits per heavy atom. The molecule has 0 N–H and O–H groups in total. The lowest BCUT2D eigenvalue weighted by atomic mass is 9.92. The number of aromatic nitrogens is 6. The van der Waals surface area contributed by atoms with Crippen LogP contribution in [0.3, 0.4) is 0 Å². The molecule has 0 radical (unpaired) electrons. The first kappa shape index (κ1) is 17.3. The van der Waals surface area contributed by atoms with Crippen LogP contribution >= 0.6 is 0 Å². The molecule has 1 aliphatic heterocycles. The van der Waals surface area contributed by atoms with E-state index in [9.17, 15) is 0 Å². The molecule has 138 valence electrons. The Morgan fingerprint density at radius 1 is 1.07 bits per heavy atom. The summed E-state index contributed by atoms with van der Waals surface area (Å²) in [7, 11) is 0. The number of fused-ring (bicyclic) bond motifs is 1. The summed E-state index contributed by atoms with van der Waals surface area (Å²) in [5.74, 6) is 2.05. The molecule has 4 heterocycles. The summed E-state index contributed by atoms with van der Waals surface area (Å²) in [4.78, 5) is 10.7. The normalized spacial score (nSPS) is 15.9. The molecule has 27 heavy (non-hydrogen) atoms. The monoisotopic (exact) mass is 362 g/mol. The fourth-order valence-corrected chi connectivity index (χ4v) is 3.37. The molecular weight excluding hydrogens is 340 g/mol. The molecule has 3 aromatic heterocycles. The first-order valence-corrected chi connectivity index (χ1v) is 9.15. The lowest BCUT2D eigenvalue weighted by Crippen LogP contribution is -2.34. The van der Waals surface area contributed by atoms with Gasteiger partial charge in [0.05, 0.1) is 18.1 Å². The van der Waals surface area contributed by atoms with Gasteiger partial charge in [-0.15, -0.1) is 10.2 Å². The van der Waals surface area contributed by atoms with E-state index in [1.54, 1.807) is 6.20 Å². The summed E-state index contributed by atoms with van der Waals surface area (Å²) in [5.41, 5.74) is 2.14. The van der Waals surface area contributed by atoms with Crippen molar-refractivity contribution in [2.24, 2.45) is 0 Å². The van der Waals surface area contributed by atoms with Crippen molar-refractivity contribution in [2.45, 2.75) is 44.9 Å². The average Bonchev–Trinajstić information content (AvgIpc) is 3.11. The average molecular weight is 362 g/mol. The van der Waals surface area contributed by atoms with E-state index in [4.69, 9.17) is 10.4 Å². The van der Waals surface area contributed by atoms with Crippen molar-refractivity contribution in [1.82, 2.24) is 29.8 Å². The number of rotatable bonds is 2. The zero-order chi connectivity index (χ0) is 19.0. The SMILES string of the molecule is CC(C)(C)c1ccc2nnc(C3CCN(c4cnc(C#N)cn4)CC3)n2n1. The van der Waals surface area contributed by atoms with E-state index >= 15 is 0 Å². The van der Waals surface area contributed by atoms with E-state index in [-0.39, 0.29) is 5.41 Å². The van der Waals surface area contributed by atoms with Crippen LogP contribution in [0, 0.1) is 11.3 Å². The fourth-order valence-electron chi connectivity index (χ4n) is 3.37. The van der Waals surface area contributed by atoms with Crippen LogP contribution in [-0.4, -0.2) is 42.9 Å². The number of nitrogens with zero attached hydrogens (tertiary/aromatic N) is 8. The van der Waals surface area contributed by atoms with Gasteiger partial charge in [0.15, 0.2) is 17.2 Å². The smallest absolute Gasteiger partial charge is 0.177 e. The molecule has 3 aromatic rings. The molecule has 0 spiro atoms. The minimum absolute atomic E-state index is 0.0205. The highest BCUT2D eigenvalue weighted by Gasteiger charge is 2.26. The highest BCUT2D eigenvalue weighted by atomic mass is 15.4. The molecule has 0 amide bonds. The number of nitriles is 1. The molecule has 8 nitrogen and oxygen atoms in total. The van der Waals surface area contributed by atoms with E-state index in [0.717, 1.165) is 48.9 Å². The molecule has 0 aromatic carbocycles. The minimum atomic E-state index is -0.0205. The highest BCUT2D eigenvalue weighted by Crippen LogP contribution is 2.29. The summed E-state index contributed by atoms with van der Waals surface area (Å²) in [5, 5.41) is 22.4. The van der Waals surface area contributed by atoms with Crippen LogP contribution in [0.2, 0.25) is 0 Å². The third-order valence-corrected chi connectivity index (χ3v) is 4.99. The molecule has 0 bridgehead atoms. The highest BCUT2D eigenvalue weighted by molar-refractivity contribution is 5.40. The van der Waals surface area contributed by atoms with E-state index in [1.807, 2.05) is 22.7 Å². The molecule has 4 rings (SSSR count). The molecule has 0 atom stereocenters. The van der Waals surface area contributed by atoms with Gasteiger partial charge in [-0.3, -0.25) is 0 Å². The first-order chi connectivity index (χ1) is 13.0. The summed E-state index contributed by atoms with van der Waals surface area (Å²) in [6.07, 6.45) is 5.09. The van der Waals surface area contributed by atoms with Crippen molar-refractivity contribution in [3.8, 4) is 6.07 Å². The van der Waals surface area contributed by atoms with Gasteiger partial charge in [-0.2, -0.15) is 14.9 Å². The number of hydrogen-bond donors (Lipinski definition) is 0. The Morgan fingerprint density at radius 3 is 2.48 bits per heavy atom. The first-order valence-electron chi connectivity index (χ1n) is 9.15. The molecule has 8 heteroatoms. The standard InChI is InChI=1S/C19H22N8/c1-19(2,3)15-4-5-16-23-24-18(27(16)25-15)13-6-8-26(9-7-13)17-12-21-14(10-20)11-22-17/h4-5,11-13H,6-9H2,1-3H3. The summed E-state index contributed by atoms with van der Waals surface area (Å²) in [6.45, 7) is 8.19. The van der Waals surface area contributed by atoms with Crippen molar-refractivity contribution in [1.29, 1.82) is 5.26 Å². The molecule has 0 saturated carbocycles. The van der Waals surface area contributed by atoms with Crippen LogP contribution in [0.25, 0.3) is 5.65 Å². The van der Waals surface area contributed by atoms with E-state index in [1.165, 1.54) is 6.20 Å². The van der Waals surface area contributed by atoms with Gasteiger partial charge in [-0.1, -0.05) is 20.8 Å². The molecular formula is C19H22N8. The summed E-state index contributed by atoms with van der Waals surface area (Å²) >= 11 is 0. The fraction of sp³-hybridized carbons (Fsp3) is 0.474. The van der Waals surface area contributed by atoms with Crippen molar-refractivity contribution in [3.05, 3.63) is 41.7 Å². The van der Waals surface area contributed by atoms with E-state index in [2.05, 4.69) is 45.8 Å². The van der Waals surface area contributed by atoms with Crippen molar-refractivity contribution in [3.63, 3.8) is 0 Å². The van der Waals surface area contributed by atoms with Gasteiger partial charge in [0.25, 0.3) is 0 Å². The lowest BCUT2D eigenvalue weighted by molar-refractivity contribution is 0.470. The predicted molar refractivity (Wildman–Crippen MR) is 100 cm³/mol. The van der Waals surface area contributed by atoms with Crippen molar-refractivity contribution >= 4 is 11.5 Å². The van der Waals surface area contributed by atoms with Gasteiger partial charge in [0, 0.05) is 24.4 Å². The van der Waals surface area contributed by atoms with E-state index in [0.29, 0.717) is 11.6 Å². The van der Waals surface area contributed by atoms with Crippen LogP contribution in [0.15, 0.2) is 24.5 Å². The maximum absolute atomic E-state index is 8.85. The van der Waals surface area contributed by atoms with Gasteiger partial charge in [0.1, 0.15) is 11.9 Å². The number of hydrogen-bond acceptors (Lipinski definition) is 7. The largest absolute Gasteiger partial charge is 0.355 e. The predicted octanol–water partition coefficient (Wildman–Crippen LogP) is 2.47. The Hall–Kier alpha value is -3.08. The molecule has 1 aliphatic rings. The number of piperidine rings is 1. The van der Waals surface area contributed by atoms with Gasteiger partial charge in [0.2, 0.25) is 0 Å². The quantitative estimate of drug-likeness (QED) is 0.691. The molecule has 1 fully saturated rings. The molecule has 1 saturated heterocycles. The second-order valence-corrected chi connectivity index (χ2v) is 7.93. The van der Waals surface area contributed by atoms with E-state index < -0.39 is 0 Å². The summed E-state index contributed by atoms with van der Waals surface area (Å²) in [6, 6.07) is 6.02. The Kier molecular flexibility index (Phi) is 4.22. The van der Waals surface area contributed by atoms with Crippen LogP contribution < -0.4 is 4.90 Å². The zero-order valence-corrected chi connectivity index (χ0v) is 15.8. The Balaban J connectivity index is 1.53. The summed E-state index contributed by atoms with van der Waals surface area (Å²) < 4.78 is 1.91. The molecule has 0 aliphatic carbocycles. The Labute approximate surface area is 157 Å². The van der Waals surface area contributed by atoms with Gasteiger partial charge >= 0.3 is 0 Å². The second kappa shape index (κ2) is 6.58. The minimum Gasteiger partial charge on any atom is -0.355 e. The zero-order valence-electron chi connectivity index (χ0n) is 15.8. The van der Waals surface area contributed by atoms with Crippen LogP contribution in [0.1, 0.15) is 56.7 Å². The van der Waals surface area contributed by atoms with Crippen LogP contribution in [-0.2, 0) is 5.41 Å². The van der Waals surface area contributed by atoms with Crippen molar-refractivity contribution < 1.29 is 0 Å². The van der Waals surface area contributed by atoms with Gasteiger partial charge in [-0.05, 0) is 25.0 Å². The maximum Gasteiger partial charge on any atom is 0.177 e. The maximum atomic E-state index is 8.85. The second-order valence-electron chi connectivity index (χ2n) is 7.93. The third kappa shape index (κ3) is 3.33. The van der Waals surface area contributed by atoms with Crippen LogP contribution in [0.4, 0.5) is 5.82 Å². The van der Waals surface area contributed by atoms with Gasteiger partial charge in [-0.25, -0.2) is 9.97 Å². The Bertz CT molecular complexity index is 985. The third-order valence-electron chi connectivity index (χ3n) is 4.99. The topological polar surface area (TPSA) is 95.9 Å². The number of anilines is 1. The lowest BCUT2D eigenvalue weighted by Gasteiger charge is -2.31. The van der Waals surface area contributed by atoms with Crippen LogP contribution in [0.5, 0.6) is 0 Å². The van der Waals surface area contributed by atoms with Crippen molar-refractivity contribution in [2.75, 3.05) is 18.0 Å². The van der Waals surface area contributed by atoms with Gasteiger partial charge < -0.3 is 4.90 Å². The molecule has 0 unspecified atom stereocenters.